The zero-order valence-electron chi connectivity index (χ0n) is 37.1. The Labute approximate surface area is 341 Å². The minimum atomic E-state index is -1.46. The Balaban J connectivity index is 3.32. The molecule has 0 aromatic rings. The molecule has 0 heterocycles. The number of aliphatic carboxylic acids is 1. The molecule has 0 aliphatic rings. The first-order chi connectivity index (χ1) is 26.7. The lowest BCUT2D eigenvalue weighted by molar-refractivity contribution is -0.870. The number of aliphatic hydroxyl groups is 1. The lowest BCUT2D eigenvalue weighted by atomic mass is 10.0. The van der Waals surface area contributed by atoms with Crippen molar-refractivity contribution in [2.75, 3.05) is 47.5 Å². The van der Waals surface area contributed by atoms with Crippen LogP contribution in [-0.2, 0) is 23.8 Å². The average molecular weight is 785 g/mol. The summed E-state index contributed by atoms with van der Waals surface area (Å²) in [6, 6.07) is 0. The Bertz CT molecular complexity index is 818. The van der Waals surface area contributed by atoms with Gasteiger partial charge in [0.05, 0.1) is 34.4 Å². The molecule has 0 aliphatic carbocycles. The summed E-state index contributed by atoms with van der Waals surface area (Å²) in [7, 11) is 5.93. The molecule has 8 nitrogen and oxygen atoms in total. The second kappa shape index (κ2) is 41.0. The van der Waals surface area contributed by atoms with Gasteiger partial charge in [-0.15, -0.1) is 0 Å². The maximum atomic E-state index is 12.0. The third kappa shape index (κ3) is 43.7. The Kier molecular flexibility index (Phi) is 40.0. The molecule has 0 radical (unpaired) electrons. The Morgan fingerprint density at radius 2 is 0.782 bits per heavy atom. The molecule has 0 aromatic heterocycles. The van der Waals surface area contributed by atoms with Gasteiger partial charge in [0.1, 0.15) is 19.3 Å². The number of carbonyl (C=O) groups excluding carboxylic acids is 1. The van der Waals surface area contributed by atoms with E-state index < -0.39 is 18.4 Å². The number of aliphatic hydroxyl groups excluding tert-OH is 1. The molecule has 0 aromatic carbocycles. The van der Waals surface area contributed by atoms with E-state index in [4.69, 9.17) is 14.2 Å². The van der Waals surface area contributed by atoms with Crippen LogP contribution in [0.15, 0.2) is 0 Å². The quantitative estimate of drug-likeness (QED) is 0.0274. The first kappa shape index (κ1) is 53.8. The SMILES string of the molecule is CCCCCCCCCCCCCCCCCCCCCCCCCCCCCCCCCCCCC(=O)OCC(O)COC(OCC[N+](C)(C)C)C(=O)O. The molecule has 328 valence electrons. The summed E-state index contributed by atoms with van der Waals surface area (Å²) in [5.74, 6) is -1.60. The molecular weight excluding hydrogens is 691 g/mol. The number of carboxylic acid groups (broad SMARTS) is 1. The van der Waals surface area contributed by atoms with Crippen LogP contribution in [0.3, 0.4) is 0 Å². The molecule has 0 saturated carbocycles. The predicted octanol–water partition coefficient (Wildman–Crippen LogP) is 12.7. The van der Waals surface area contributed by atoms with Crippen LogP contribution in [0, 0.1) is 0 Å². The van der Waals surface area contributed by atoms with Crippen molar-refractivity contribution >= 4 is 11.9 Å². The standard InChI is InChI=1S/C47H93NO7/c1-5-6-7-8-9-10-11-12-13-14-15-16-17-18-19-20-21-22-23-24-25-26-27-28-29-30-31-32-33-34-35-36-37-38-39-45(50)54-42-44(49)43-55-47(46(51)52)53-41-40-48(2,3)4/h44,47,49H,5-43H2,1-4H3/p+1. The van der Waals surface area contributed by atoms with Gasteiger partial charge in [-0.2, -0.15) is 0 Å². The van der Waals surface area contributed by atoms with Crippen LogP contribution in [-0.4, -0.2) is 86.5 Å². The van der Waals surface area contributed by atoms with E-state index in [2.05, 4.69) is 6.92 Å². The minimum absolute atomic E-state index is 0.214. The van der Waals surface area contributed by atoms with Crippen LogP contribution in [0.1, 0.15) is 232 Å². The van der Waals surface area contributed by atoms with Gasteiger partial charge in [0, 0.05) is 6.42 Å². The summed E-state index contributed by atoms with van der Waals surface area (Å²) in [4.78, 5) is 23.3. The van der Waals surface area contributed by atoms with E-state index in [-0.39, 0.29) is 25.8 Å². The van der Waals surface area contributed by atoms with Crippen molar-refractivity contribution in [3.63, 3.8) is 0 Å². The van der Waals surface area contributed by atoms with E-state index in [0.717, 1.165) is 19.3 Å². The van der Waals surface area contributed by atoms with Crippen molar-refractivity contribution in [3.05, 3.63) is 0 Å². The van der Waals surface area contributed by atoms with Crippen LogP contribution in [0.5, 0.6) is 0 Å². The predicted molar refractivity (Wildman–Crippen MR) is 230 cm³/mol. The number of unbranched alkanes of at least 4 members (excludes halogenated alkanes) is 33. The van der Waals surface area contributed by atoms with Gasteiger partial charge in [-0.05, 0) is 6.42 Å². The number of rotatable bonds is 45. The first-order valence-electron chi connectivity index (χ1n) is 23.8. The molecular formula is C47H94NO7+. The van der Waals surface area contributed by atoms with Gasteiger partial charge >= 0.3 is 11.9 Å². The Morgan fingerprint density at radius 3 is 1.07 bits per heavy atom. The van der Waals surface area contributed by atoms with Crippen LogP contribution in [0.25, 0.3) is 0 Å². The summed E-state index contributed by atoms with van der Waals surface area (Å²) in [5, 5.41) is 19.3. The molecule has 0 aliphatic heterocycles. The van der Waals surface area contributed by atoms with Gasteiger partial charge in [0.25, 0.3) is 6.29 Å². The van der Waals surface area contributed by atoms with E-state index in [1.165, 1.54) is 199 Å². The summed E-state index contributed by atoms with van der Waals surface area (Å²) < 4.78 is 16.2. The van der Waals surface area contributed by atoms with Crippen LogP contribution < -0.4 is 0 Å². The molecule has 2 unspecified atom stereocenters. The van der Waals surface area contributed by atoms with Crippen molar-refractivity contribution in [2.24, 2.45) is 0 Å². The van der Waals surface area contributed by atoms with Gasteiger partial charge in [-0.25, -0.2) is 4.79 Å². The molecule has 8 heteroatoms. The van der Waals surface area contributed by atoms with E-state index in [1.807, 2.05) is 21.1 Å². The third-order valence-corrected chi connectivity index (χ3v) is 10.8. The first-order valence-corrected chi connectivity index (χ1v) is 23.8. The fraction of sp³-hybridized carbons (Fsp3) is 0.957. The smallest absolute Gasteiger partial charge is 0.361 e. The molecule has 0 saturated heterocycles. The van der Waals surface area contributed by atoms with E-state index in [9.17, 15) is 19.8 Å². The van der Waals surface area contributed by atoms with Gasteiger partial charge < -0.3 is 28.9 Å². The van der Waals surface area contributed by atoms with E-state index >= 15 is 0 Å². The number of nitrogens with zero attached hydrogens (tertiary/aromatic N) is 1. The normalized spacial score (nSPS) is 13.0. The second-order valence-corrected chi connectivity index (χ2v) is 17.6. The molecule has 2 N–H and O–H groups in total. The highest BCUT2D eigenvalue weighted by atomic mass is 16.7. The third-order valence-electron chi connectivity index (χ3n) is 10.8. The average Bonchev–Trinajstić information content (AvgIpc) is 3.14. The maximum absolute atomic E-state index is 12.0. The zero-order valence-corrected chi connectivity index (χ0v) is 37.1. The van der Waals surface area contributed by atoms with Gasteiger partial charge in [-0.3, -0.25) is 4.79 Å². The number of esters is 1. The van der Waals surface area contributed by atoms with Crippen molar-refractivity contribution in [1.29, 1.82) is 0 Å². The molecule has 0 bridgehead atoms. The fourth-order valence-corrected chi connectivity index (χ4v) is 7.13. The summed E-state index contributed by atoms with van der Waals surface area (Å²) >= 11 is 0. The molecule has 55 heavy (non-hydrogen) atoms. The zero-order chi connectivity index (χ0) is 40.5. The Morgan fingerprint density at radius 1 is 0.473 bits per heavy atom. The number of quaternary nitrogens is 1. The molecule has 2 atom stereocenters. The number of carbonyl (C=O) groups is 2. The van der Waals surface area contributed by atoms with Gasteiger partial charge in [-0.1, -0.05) is 219 Å². The molecule has 0 fully saturated rings. The van der Waals surface area contributed by atoms with Crippen molar-refractivity contribution in [2.45, 2.75) is 244 Å². The highest BCUT2D eigenvalue weighted by Gasteiger charge is 2.22. The van der Waals surface area contributed by atoms with Crippen LogP contribution in [0.4, 0.5) is 0 Å². The van der Waals surface area contributed by atoms with Crippen LogP contribution in [0.2, 0.25) is 0 Å². The minimum Gasteiger partial charge on any atom is -0.477 e. The van der Waals surface area contributed by atoms with Crippen molar-refractivity contribution < 1.29 is 38.5 Å². The lowest BCUT2D eigenvalue weighted by Crippen LogP contribution is -2.40. The monoisotopic (exact) mass is 785 g/mol. The summed E-state index contributed by atoms with van der Waals surface area (Å²) in [5.41, 5.74) is 0. The maximum Gasteiger partial charge on any atom is 0.361 e. The highest BCUT2D eigenvalue weighted by molar-refractivity contribution is 5.70. The lowest BCUT2D eigenvalue weighted by Gasteiger charge is -2.24. The molecule has 0 rings (SSSR count). The summed E-state index contributed by atoms with van der Waals surface area (Å²) in [6.07, 6.45) is 44.7. The van der Waals surface area contributed by atoms with Crippen LogP contribution >= 0.6 is 0 Å². The number of hydrogen-bond acceptors (Lipinski definition) is 6. The number of carboxylic acids is 1. The van der Waals surface area contributed by atoms with Gasteiger partial charge in [0.2, 0.25) is 0 Å². The van der Waals surface area contributed by atoms with E-state index in [1.54, 1.807) is 0 Å². The Hall–Kier alpha value is -1.22. The number of ether oxygens (including phenoxy) is 3. The van der Waals surface area contributed by atoms with Crippen molar-refractivity contribution in [1.82, 2.24) is 0 Å². The molecule has 0 spiro atoms. The van der Waals surface area contributed by atoms with Gasteiger partial charge in [0.15, 0.2) is 0 Å². The van der Waals surface area contributed by atoms with E-state index in [0.29, 0.717) is 17.4 Å². The number of hydrogen-bond donors (Lipinski definition) is 2. The fourth-order valence-electron chi connectivity index (χ4n) is 7.13. The second-order valence-electron chi connectivity index (χ2n) is 17.6. The largest absolute Gasteiger partial charge is 0.477 e. The summed E-state index contributed by atoms with van der Waals surface area (Å²) in [6.45, 7) is 2.63. The van der Waals surface area contributed by atoms with Crippen molar-refractivity contribution in [3.8, 4) is 0 Å². The number of likely N-dealkylation sites (N-methyl/N-ethyl adjacent to an activating group) is 1. The highest BCUT2D eigenvalue weighted by Crippen LogP contribution is 2.17. The topological polar surface area (TPSA) is 102 Å². The molecule has 0 amide bonds.